The summed E-state index contributed by atoms with van der Waals surface area (Å²) in [5.41, 5.74) is 5.83. The number of nitrogens with one attached hydrogen (secondary N) is 2. The summed E-state index contributed by atoms with van der Waals surface area (Å²) >= 11 is 4.91. The first-order valence-corrected chi connectivity index (χ1v) is 6.46. The Morgan fingerprint density at radius 1 is 1.25 bits per heavy atom. The van der Waals surface area contributed by atoms with Gasteiger partial charge in [-0.15, -0.1) is 0 Å². The fraction of sp³-hybridized carbons (Fsp3) is 0.231. The molecule has 1 aliphatic carbocycles. The van der Waals surface area contributed by atoms with Crippen LogP contribution < -0.4 is 16.4 Å². The molecule has 4 N–H and O–H groups in total. The zero-order chi connectivity index (χ0) is 14.5. The van der Waals surface area contributed by atoms with Gasteiger partial charge in [0.05, 0.1) is 21.5 Å². The van der Waals surface area contributed by atoms with Gasteiger partial charge in [-0.2, -0.15) is 0 Å². The van der Waals surface area contributed by atoms with Gasteiger partial charge in [-0.25, -0.2) is 0 Å². The van der Waals surface area contributed by atoms with Crippen molar-refractivity contribution in [1.29, 1.82) is 0 Å². The van der Waals surface area contributed by atoms with Crippen molar-refractivity contribution >= 4 is 40.6 Å². The number of fused-ring (bicyclic) bond motifs is 1. The second-order valence-corrected chi connectivity index (χ2v) is 5.38. The number of hydrogen-bond donors (Lipinski definition) is 3. The molecule has 6 nitrogen and oxygen atoms in total. The first-order chi connectivity index (χ1) is 9.44. The summed E-state index contributed by atoms with van der Waals surface area (Å²) in [7, 11) is 0. The molecule has 0 spiro atoms. The SMILES string of the molecule is NC(=S)C1(C(=O)Nc2ccc3c(c2)C(=O)NC3=O)CC1. The second-order valence-electron chi connectivity index (χ2n) is 4.94. The molecule has 20 heavy (non-hydrogen) atoms. The fourth-order valence-electron chi connectivity index (χ4n) is 2.21. The lowest BCUT2D eigenvalue weighted by atomic mass is 10.1. The van der Waals surface area contributed by atoms with E-state index in [1.54, 1.807) is 6.07 Å². The molecular weight excluding hydrogens is 278 g/mol. The molecule has 0 aromatic heterocycles. The Kier molecular flexibility index (Phi) is 2.62. The molecule has 3 rings (SSSR count). The van der Waals surface area contributed by atoms with Gasteiger partial charge >= 0.3 is 0 Å². The van der Waals surface area contributed by atoms with Crippen molar-refractivity contribution in [2.75, 3.05) is 5.32 Å². The van der Waals surface area contributed by atoms with E-state index in [1.165, 1.54) is 12.1 Å². The summed E-state index contributed by atoms with van der Waals surface area (Å²) in [6.45, 7) is 0. The van der Waals surface area contributed by atoms with Gasteiger partial charge in [0.25, 0.3) is 11.8 Å². The zero-order valence-corrected chi connectivity index (χ0v) is 11.2. The molecule has 2 aliphatic rings. The normalized spacial score (nSPS) is 18.2. The van der Waals surface area contributed by atoms with Crippen LogP contribution in [0, 0.1) is 5.41 Å². The molecule has 7 heteroatoms. The van der Waals surface area contributed by atoms with Gasteiger partial charge in [-0.1, -0.05) is 12.2 Å². The van der Waals surface area contributed by atoms with E-state index in [9.17, 15) is 14.4 Å². The Morgan fingerprint density at radius 3 is 2.50 bits per heavy atom. The van der Waals surface area contributed by atoms with Gasteiger partial charge in [0.1, 0.15) is 0 Å². The smallest absolute Gasteiger partial charge is 0.259 e. The predicted octanol–water partition coefficient (Wildman–Crippen LogP) is 0.575. The predicted molar refractivity (Wildman–Crippen MR) is 75.3 cm³/mol. The monoisotopic (exact) mass is 289 g/mol. The number of benzene rings is 1. The van der Waals surface area contributed by atoms with Crippen LogP contribution in [0.3, 0.4) is 0 Å². The zero-order valence-electron chi connectivity index (χ0n) is 10.4. The van der Waals surface area contributed by atoms with Gasteiger partial charge < -0.3 is 11.1 Å². The molecule has 1 heterocycles. The van der Waals surface area contributed by atoms with Crippen LogP contribution in [0.2, 0.25) is 0 Å². The van der Waals surface area contributed by atoms with E-state index in [-0.39, 0.29) is 16.5 Å². The van der Waals surface area contributed by atoms with Gasteiger partial charge in [0.15, 0.2) is 0 Å². The minimum atomic E-state index is -0.758. The van der Waals surface area contributed by atoms with Crippen LogP contribution in [0.15, 0.2) is 18.2 Å². The molecule has 1 aromatic carbocycles. The third kappa shape index (κ3) is 1.78. The molecule has 0 unspecified atom stereocenters. The van der Waals surface area contributed by atoms with Crippen LogP contribution in [0.1, 0.15) is 33.6 Å². The van der Waals surface area contributed by atoms with Gasteiger partial charge in [-0.3, -0.25) is 19.7 Å². The molecule has 0 radical (unpaired) electrons. The molecule has 3 amide bonds. The molecule has 1 fully saturated rings. The fourth-order valence-corrected chi connectivity index (χ4v) is 2.50. The van der Waals surface area contributed by atoms with E-state index in [4.69, 9.17) is 18.0 Å². The van der Waals surface area contributed by atoms with Crippen LogP contribution in [0.25, 0.3) is 0 Å². The number of carbonyl (C=O) groups excluding carboxylic acids is 3. The first kappa shape index (κ1) is 12.7. The highest BCUT2D eigenvalue weighted by atomic mass is 32.1. The van der Waals surface area contributed by atoms with Crippen LogP contribution >= 0.6 is 12.2 Å². The van der Waals surface area contributed by atoms with E-state index in [0.717, 1.165) is 0 Å². The number of imide groups is 1. The van der Waals surface area contributed by atoms with E-state index in [1.807, 2.05) is 0 Å². The van der Waals surface area contributed by atoms with Gasteiger partial charge in [0, 0.05) is 5.69 Å². The average molecular weight is 289 g/mol. The van der Waals surface area contributed by atoms with Crippen molar-refractivity contribution in [3.63, 3.8) is 0 Å². The van der Waals surface area contributed by atoms with Crippen LogP contribution in [0.4, 0.5) is 5.69 Å². The lowest BCUT2D eigenvalue weighted by Crippen LogP contribution is -2.35. The van der Waals surface area contributed by atoms with Crippen molar-refractivity contribution in [2.45, 2.75) is 12.8 Å². The second kappa shape index (κ2) is 4.11. The van der Waals surface area contributed by atoms with Crippen molar-refractivity contribution in [2.24, 2.45) is 11.1 Å². The van der Waals surface area contributed by atoms with Crippen molar-refractivity contribution in [1.82, 2.24) is 5.32 Å². The highest BCUT2D eigenvalue weighted by molar-refractivity contribution is 7.80. The standard InChI is InChI=1S/C13H11N3O3S/c14-11(20)13(3-4-13)12(19)15-6-1-2-7-8(5-6)10(18)16-9(7)17/h1-2,5H,3-4H2,(H2,14,20)(H,15,19)(H,16,17,18). The maximum atomic E-state index is 12.1. The number of thiocarbonyl (C=S) groups is 1. The van der Waals surface area contributed by atoms with Crippen LogP contribution in [-0.4, -0.2) is 22.7 Å². The van der Waals surface area contributed by atoms with Crippen molar-refractivity contribution < 1.29 is 14.4 Å². The van der Waals surface area contributed by atoms with Crippen molar-refractivity contribution in [3.05, 3.63) is 29.3 Å². The molecule has 1 aromatic rings. The molecule has 0 bridgehead atoms. The van der Waals surface area contributed by atoms with Crippen molar-refractivity contribution in [3.8, 4) is 0 Å². The quantitative estimate of drug-likeness (QED) is 0.558. The van der Waals surface area contributed by atoms with Crippen LogP contribution in [0.5, 0.6) is 0 Å². The maximum absolute atomic E-state index is 12.1. The summed E-state index contributed by atoms with van der Waals surface area (Å²) in [6, 6.07) is 4.55. The molecule has 0 atom stereocenters. The minimum Gasteiger partial charge on any atom is -0.392 e. The van der Waals surface area contributed by atoms with E-state index in [0.29, 0.717) is 24.1 Å². The molecule has 0 saturated heterocycles. The Bertz CT molecular complexity index is 679. The summed E-state index contributed by atoms with van der Waals surface area (Å²) in [6.07, 6.45) is 1.27. The number of anilines is 1. The average Bonchev–Trinajstić information content (AvgIpc) is 3.15. The largest absolute Gasteiger partial charge is 0.392 e. The van der Waals surface area contributed by atoms with E-state index < -0.39 is 17.2 Å². The Morgan fingerprint density at radius 2 is 1.90 bits per heavy atom. The van der Waals surface area contributed by atoms with E-state index >= 15 is 0 Å². The topological polar surface area (TPSA) is 101 Å². The van der Waals surface area contributed by atoms with Crippen LogP contribution in [-0.2, 0) is 4.79 Å². The molecule has 102 valence electrons. The third-order valence-electron chi connectivity index (χ3n) is 3.65. The number of hydrogen-bond acceptors (Lipinski definition) is 4. The third-order valence-corrected chi connectivity index (χ3v) is 4.04. The lowest BCUT2D eigenvalue weighted by molar-refractivity contribution is -0.118. The molecule has 1 aliphatic heterocycles. The first-order valence-electron chi connectivity index (χ1n) is 6.05. The number of nitrogens with two attached hydrogens (primary N) is 1. The Balaban J connectivity index is 1.85. The lowest BCUT2D eigenvalue weighted by Gasteiger charge is -2.13. The molecule has 1 saturated carbocycles. The summed E-state index contributed by atoms with van der Waals surface area (Å²) in [5.74, 6) is -1.16. The summed E-state index contributed by atoms with van der Waals surface area (Å²) in [5, 5.41) is 4.89. The Hall–Kier alpha value is -2.28. The highest BCUT2D eigenvalue weighted by Gasteiger charge is 2.52. The summed E-state index contributed by atoms with van der Waals surface area (Å²) in [4.78, 5) is 35.3. The summed E-state index contributed by atoms with van der Waals surface area (Å²) < 4.78 is 0. The van der Waals surface area contributed by atoms with Gasteiger partial charge in [0.2, 0.25) is 5.91 Å². The highest BCUT2D eigenvalue weighted by Crippen LogP contribution is 2.46. The van der Waals surface area contributed by atoms with E-state index in [2.05, 4.69) is 10.6 Å². The number of carbonyl (C=O) groups is 3. The number of amides is 3. The maximum Gasteiger partial charge on any atom is 0.259 e. The molecular formula is C13H11N3O3S. The number of rotatable bonds is 3. The Labute approximate surface area is 119 Å². The van der Waals surface area contributed by atoms with Gasteiger partial charge in [-0.05, 0) is 31.0 Å². The minimum absolute atomic E-state index is 0.184.